The third-order valence-electron chi connectivity index (χ3n) is 5.38. The van der Waals surface area contributed by atoms with Crippen LogP contribution >= 0.6 is 0 Å². The monoisotopic (exact) mass is 357 g/mol. The second kappa shape index (κ2) is 6.67. The second-order valence-corrected chi connectivity index (χ2v) is 7.28. The molecule has 4 rings (SSSR count). The van der Waals surface area contributed by atoms with Crippen LogP contribution in [0.25, 0.3) is 0 Å². The SMILES string of the molecule is Cc1ccc(C(O)(C(=O)N2CCc3ccccc32)c2ccc(C)cc2)cc1. The van der Waals surface area contributed by atoms with Crippen LogP contribution in [0.5, 0.6) is 0 Å². The summed E-state index contributed by atoms with van der Waals surface area (Å²) in [7, 11) is 0. The molecule has 1 aliphatic heterocycles. The number of carbonyl (C=O) groups is 1. The lowest BCUT2D eigenvalue weighted by Crippen LogP contribution is -2.47. The number of aryl methyl sites for hydroxylation is 2. The number of anilines is 1. The molecular formula is C24H23NO2. The first kappa shape index (κ1) is 17.5. The van der Waals surface area contributed by atoms with Crippen molar-refractivity contribution >= 4 is 11.6 Å². The number of hydrogen-bond donors (Lipinski definition) is 1. The summed E-state index contributed by atoms with van der Waals surface area (Å²) in [5.41, 5.74) is 3.66. The molecule has 0 bridgehead atoms. The molecule has 0 fully saturated rings. The molecule has 3 heteroatoms. The average molecular weight is 357 g/mol. The van der Waals surface area contributed by atoms with E-state index >= 15 is 0 Å². The molecule has 136 valence electrons. The fourth-order valence-electron chi connectivity index (χ4n) is 3.75. The Morgan fingerprint density at radius 2 is 1.37 bits per heavy atom. The molecule has 0 aromatic heterocycles. The molecule has 3 nitrogen and oxygen atoms in total. The highest BCUT2D eigenvalue weighted by molar-refractivity contribution is 6.03. The summed E-state index contributed by atoms with van der Waals surface area (Å²) in [6.45, 7) is 4.57. The first-order chi connectivity index (χ1) is 13.0. The molecule has 0 atom stereocenters. The van der Waals surface area contributed by atoms with E-state index in [0.717, 1.165) is 28.8 Å². The summed E-state index contributed by atoms with van der Waals surface area (Å²) < 4.78 is 0. The first-order valence-corrected chi connectivity index (χ1v) is 9.26. The summed E-state index contributed by atoms with van der Waals surface area (Å²) in [6, 6.07) is 23.0. The summed E-state index contributed by atoms with van der Waals surface area (Å²) >= 11 is 0. The van der Waals surface area contributed by atoms with Gasteiger partial charge in [0, 0.05) is 12.2 Å². The lowest BCUT2D eigenvalue weighted by Gasteiger charge is -2.32. The molecule has 1 N–H and O–H groups in total. The van der Waals surface area contributed by atoms with Crippen LogP contribution in [0.4, 0.5) is 5.69 Å². The van der Waals surface area contributed by atoms with Gasteiger partial charge in [0.2, 0.25) is 0 Å². The highest BCUT2D eigenvalue weighted by atomic mass is 16.3. The molecule has 0 aliphatic carbocycles. The van der Waals surface area contributed by atoms with Crippen LogP contribution in [0.3, 0.4) is 0 Å². The maximum atomic E-state index is 13.7. The number of aliphatic hydroxyl groups is 1. The zero-order valence-corrected chi connectivity index (χ0v) is 15.6. The van der Waals surface area contributed by atoms with E-state index in [1.165, 1.54) is 0 Å². The topological polar surface area (TPSA) is 40.5 Å². The fraction of sp³-hybridized carbons (Fsp3) is 0.208. The number of carbonyl (C=O) groups excluding carboxylic acids is 1. The molecule has 0 saturated carbocycles. The van der Waals surface area contributed by atoms with E-state index in [9.17, 15) is 9.90 Å². The van der Waals surface area contributed by atoms with Crippen molar-refractivity contribution in [1.82, 2.24) is 0 Å². The summed E-state index contributed by atoms with van der Waals surface area (Å²) in [4.78, 5) is 15.4. The van der Waals surface area contributed by atoms with Gasteiger partial charge in [-0.05, 0) is 43.0 Å². The lowest BCUT2D eigenvalue weighted by atomic mass is 9.84. The Morgan fingerprint density at radius 1 is 0.852 bits per heavy atom. The van der Waals surface area contributed by atoms with Gasteiger partial charge >= 0.3 is 0 Å². The van der Waals surface area contributed by atoms with Gasteiger partial charge in [-0.1, -0.05) is 77.9 Å². The maximum Gasteiger partial charge on any atom is 0.268 e. The predicted molar refractivity (Wildman–Crippen MR) is 108 cm³/mol. The van der Waals surface area contributed by atoms with Crippen molar-refractivity contribution in [3.8, 4) is 0 Å². The number of para-hydroxylation sites is 1. The molecule has 0 saturated heterocycles. The summed E-state index contributed by atoms with van der Waals surface area (Å²) in [5.74, 6) is -0.305. The van der Waals surface area contributed by atoms with Crippen LogP contribution in [0.2, 0.25) is 0 Å². The largest absolute Gasteiger partial charge is 0.372 e. The van der Waals surface area contributed by atoms with E-state index in [1.54, 1.807) is 4.90 Å². The molecular weight excluding hydrogens is 334 g/mol. The molecule has 27 heavy (non-hydrogen) atoms. The lowest BCUT2D eigenvalue weighted by molar-refractivity contribution is -0.133. The third-order valence-corrected chi connectivity index (χ3v) is 5.38. The number of fused-ring (bicyclic) bond motifs is 1. The van der Waals surface area contributed by atoms with Gasteiger partial charge in [-0.25, -0.2) is 0 Å². The van der Waals surface area contributed by atoms with E-state index in [0.29, 0.717) is 17.7 Å². The Hall–Kier alpha value is -2.91. The van der Waals surface area contributed by atoms with Gasteiger partial charge in [-0.15, -0.1) is 0 Å². The Balaban J connectivity index is 1.84. The van der Waals surface area contributed by atoms with Gasteiger partial charge in [0.15, 0.2) is 5.60 Å². The zero-order chi connectivity index (χ0) is 19.0. The molecule has 3 aromatic rings. The average Bonchev–Trinajstić information content (AvgIpc) is 3.12. The van der Waals surface area contributed by atoms with Crippen molar-refractivity contribution in [2.24, 2.45) is 0 Å². The van der Waals surface area contributed by atoms with E-state index in [4.69, 9.17) is 0 Å². The van der Waals surface area contributed by atoms with E-state index in [1.807, 2.05) is 86.6 Å². The van der Waals surface area contributed by atoms with Crippen LogP contribution in [-0.2, 0) is 16.8 Å². The van der Waals surface area contributed by atoms with Gasteiger partial charge in [-0.3, -0.25) is 4.79 Å². The first-order valence-electron chi connectivity index (χ1n) is 9.26. The Bertz CT molecular complexity index is 929. The molecule has 0 unspecified atom stereocenters. The molecule has 1 amide bonds. The Morgan fingerprint density at radius 3 is 1.93 bits per heavy atom. The summed E-state index contributed by atoms with van der Waals surface area (Å²) in [6.07, 6.45) is 0.805. The van der Waals surface area contributed by atoms with Crippen molar-refractivity contribution in [3.05, 3.63) is 101 Å². The highest BCUT2D eigenvalue weighted by Gasteiger charge is 2.44. The quantitative estimate of drug-likeness (QED) is 0.766. The molecule has 0 radical (unpaired) electrons. The number of hydrogen-bond acceptors (Lipinski definition) is 2. The van der Waals surface area contributed by atoms with Gasteiger partial charge in [0.1, 0.15) is 0 Å². The number of nitrogens with zero attached hydrogens (tertiary/aromatic N) is 1. The number of benzene rings is 3. The molecule has 0 spiro atoms. The fourth-order valence-corrected chi connectivity index (χ4v) is 3.75. The minimum absolute atomic E-state index is 0.305. The number of rotatable bonds is 3. The van der Waals surface area contributed by atoms with Crippen LogP contribution in [0, 0.1) is 13.8 Å². The minimum atomic E-state index is -1.72. The Kier molecular flexibility index (Phi) is 4.33. The normalized spacial score (nSPS) is 13.5. The van der Waals surface area contributed by atoms with Gasteiger partial charge in [-0.2, -0.15) is 0 Å². The Labute approximate surface area is 159 Å². The second-order valence-electron chi connectivity index (χ2n) is 7.28. The number of amides is 1. The van der Waals surface area contributed by atoms with Crippen molar-refractivity contribution < 1.29 is 9.90 Å². The van der Waals surface area contributed by atoms with Crippen molar-refractivity contribution in [2.75, 3.05) is 11.4 Å². The molecule has 1 aliphatic rings. The zero-order valence-electron chi connectivity index (χ0n) is 15.6. The minimum Gasteiger partial charge on any atom is -0.372 e. The molecule has 1 heterocycles. The van der Waals surface area contributed by atoms with Crippen molar-refractivity contribution in [1.29, 1.82) is 0 Å². The molecule has 3 aromatic carbocycles. The van der Waals surface area contributed by atoms with E-state index in [2.05, 4.69) is 0 Å². The predicted octanol–water partition coefficient (Wildman–Crippen LogP) is 4.13. The van der Waals surface area contributed by atoms with Crippen LogP contribution < -0.4 is 4.90 Å². The van der Waals surface area contributed by atoms with Gasteiger partial charge in [0.05, 0.1) is 0 Å². The van der Waals surface area contributed by atoms with Crippen LogP contribution in [-0.4, -0.2) is 17.6 Å². The van der Waals surface area contributed by atoms with Crippen LogP contribution in [0.1, 0.15) is 27.8 Å². The van der Waals surface area contributed by atoms with Crippen molar-refractivity contribution in [3.63, 3.8) is 0 Å². The smallest absolute Gasteiger partial charge is 0.268 e. The van der Waals surface area contributed by atoms with E-state index < -0.39 is 5.60 Å². The van der Waals surface area contributed by atoms with E-state index in [-0.39, 0.29) is 5.91 Å². The third kappa shape index (κ3) is 2.94. The van der Waals surface area contributed by atoms with Crippen molar-refractivity contribution in [2.45, 2.75) is 25.9 Å². The summed E-state index contributed by atoms with van der Waals surface area (Å²) in [5, 5.41) is 11.8. The highest BCUT2D eigenvalue weighted by Crippen LogP contribution is 2.37. The standard InChI is InChI=1S/C24H23NO2/c1-17-7-11-20(12-8-17)24(27,21-13-9-18(2)10-14-21)23(26)25-16-15-19-5-3-4-6-22(19)25/h3-14,27H,15-16H2,1-2H3. The maximum absolute atomic E-state index is 13.7. The van der Waals surface area contributed by atoms with Crippen LogP contribution in [0.15, 0.2) is 72.8 Å². The van der Waals surface area contributed by atoms with Gasteiger partial charge in [0.25, 0.3) is 5.91 Å². The van der Waals surface area contributed by atoms with Gasteiger partial charge < -0.3 is 10.0 Å².